The summed E-state index contributed by atoms with van der Waals surface area (Å²) < 4.78 is 43.7. The largest absolute Gasteiger partial charge is 0.433 e. The van der Waals surface area contributed by atoms with Crippen LogP contribution in [-0.4, -0.2) is 84.5 Å². The Kier molecular flexibility index (Phi) is 9.39. The molecule has 0 bridgehead atoms. The summed E-state index contributed by atoms with van der Waals surface area (Å²) >= 11 is 0. The molecule has 3 fully saturated rings. The highest BCUT2D eigenvalue weighted by Gasteiger charge is 2.47. The van der Waals surface area contributed by atoms with Crippen LogP contribution in [0.4, 0.5) is 24.5 Å². The smallest absolute Gasteiger partial charge is 0.370 e. The van der Waals surface area contributed by atoms with E-state index < -0.39 is 41.3 Å². The van der Waals surface area contributed by atoms with Gasteiger partial charge in [-0.1, -0.05) is 24.3 Å². The molecule has 0 radical (unpaired) electrons. The number of primary amides is 1. The standard InChI is InChI=1S/C39H37F3N10O6/c1-48-33-26(5-3-6-27(33)52(37(48)58)28-12-13-30(53)46-36(28)57)49-16-14-38(15-17-49)20-50(21-38)31(54)18-22-8-10-23(11-9-22)51-19-25(32(47-51)34(43)55)45-35(56)24-4-2-7-29(44-24)39(40,41)42/h2-11,19,28H,12-18,20-21H2,1H3,(H2,43,55)(H,45,56)(H,46,53,57). The number of fused-ring (bicyclic) bond motifs is 1. The number of imide groups is 1. The van der Waals surface area contributed by atoms with E-state index >= 15 is 0 Å². The number of aryl methyl sites for hydroxylation is 1. The number of hydrogen-bond donors (Lipinski definition) is 3. The van der Waals surface area contributed by atoms with Gasteiger partial charge >= 0.3 is 11.9 Å². The van der Waals surface area contributed by atoms with Gasteiger partial charge in [0, 0.05) is 45.1 Å². The van der Waals surface area contributed by atoms with Crippen LogP contribution >= 0.6 is 0 Å². The molecule has 4 N–H and O–H groups in total. The van der Waals surface area contributed by atoms with E-state index in [4.69, 9.17) is 5.73 Å². The van der Waals surface area contributed by atoms with Gasteiger partial charge in [-0.25, -0.2) is 14.5 Å². The van der Waals surface area contributed by atoms with E-state index in [2.05, 4.69) is 25.6 Å². The third-order valence-corrected chi connectivity index (χ3v) is 11.2. The summed E-state index contributed by atoms with van der Waals surface area (Å²) in [4.78, 5) is 83.5. The van der Waals surface area contributed by atoms with E-state index in [1.54, 1.807) is 35.9 Å². The van der Waals surface area contributed by atoms with Crippen LogP contribution in [0.25, 0.3) is 16.7 Å². The molecule has 3 aliphatic heterocycles. The minimum absolute atomic E-state index is 0.0169. The van der Waals surface area contributed by atoms with Crippen LogP contribution in [0, 0.1) is 5.41 Å². The summed E-state index contributed by atoms with van der Waals surface area (Å²) in [6.07, 6.45) is -1.19. The Morgan fingerprint density at radius 3 is 2.36 bits per heavy atom. The summed E-state index contributed by atoms with van der Waals surface area (Å²) in [5.41, 5.74) is 6.38. The molecule has 1 unspecified atom stereocenters. The maximum Gasteiger partial charge on any atom is 0.433 e. The Morgan fingerprint density at radius 1 is 0.983 bits per heavy atom. The quantitative estimate of drug-likeness (QED) is 0.198. The number of amides is 5. The number of pyridine rings is 1. The Bertz CT molecular complexity index is 2560. The van der Waals surface area contributed by atoms with Gasteiger partial charge < -0.3 is 20.9 Å². The third-order valence-electron chi connectivity index (χ3n) is 11.2. The Hall–Kier alpha value is -6.79. The highest BCUT2D eigenvalue weighted by atomic mass is 19.4. The number of benzene rings is 2. The van der Waals surface area contributed by atoms with Gasteiger partial charge in [0.25, 0.3) is 11.8 Å². The monoisotopic (exact) mass is 798 g/mol. The molecule has 0 saturated carbocycles. The molecule has 58 heavy (non-hydrogen) atoms. The fourth-order valence-electron chi connectivity index (χ4n) is 8.12. The summed E-state index contributed by atoms with van der Waals surface area (Å²) in [6, 6.07) is 14.6. The van der Waals surface area contributed by atoms with E-state index in [1.165, 1.54) is 15.4 Å². The van der Waals surface area contributed by atoms with E-state index in [1.807, 2.05) is 23.1 Å². The topological polar surface area (TPSA) is 200 Å². The summed E-state index contributed by atoms with van der Waals surface area (Å²) in [5, 5.41) is 8.86. The van der Waals surface area contributed by atoms with Gasteiger partial charge in [-0.05, 0) is 61.2 Å². The number of hydrogen-bond acceptors (Lipinski definition) is 9. The van der Waals surface area contributed by atoms with Crippen molar-refractivity contribution in [3.63, 3.8) is 0 Å². The van der Waals surface area contributed by atoms with Gasteiger partial charge in [-0.2, -0.15) is 18.3 Å². The van der Waals surface area contributed by atoms with Crippen molar-refractivity contribution < 1.29 is 37.1 Å². The molecule has 5 aromatic rings. The molecule has 0 aliphatic carbocycles. The van der Waals surface area contributed by atoms with Crippen molar-refractivity contribution in [2.75, 3.05) is 36.4 Å². The maximum atomic E-state index is 13.4. The second-order valence-corrected chi connectivity index (χ2v) is 15.0. The van der Waals surface area contributed by atoms with E-state index in [9.17, 15) is 41.9 Å². The maximum absolute atomic E-state index is 13.4. The first-order valence-electron chi connectivity index (χ1n) is 18.5. The van der Waals surface area contributed by atoms with Crippen molar-refractivity contribution in [3.8, 4) is 5.69 Å². The lowest BCUT2D eigenvalue weighted by Gasteiger charge is -2.54. The van der Waals surface area contributed by atoms with Crippen LogP contribution in [0.2, 0.25) is 0 Å². The SMILES string of the molecule is Cn1c(=O)n(C2CCC(=O)NC2=O)c2cccc(N3CCC4(CC3)CN(C(=O)Cc3ccc(-n5cc(NC(=O)c6cccc(C(F)(F)F)n6)c(C(N)=O)n5)cc3)C4)c21. The number of rotatable bonds is 8. The second kappa shape index (κ2) is 14.3. The first-order chi connectivity index (χ1) is 27.6. The number of likely N-dealkylation sites (tertiary alicyclic amines) is 1. The molecule has 16 nitrogen and oxygen atoms in total. The number of alkyl halides is 3. The number of halogens is 3. The molecule has 5 amide bonds. The second-order valence-electron chi connectivity index (χ2n) is 15.0. The van der Waals surface area contributed by atoms with Gasteiger partial charge in [-0.15, -0.1) is 0 Å². The zero-order chi connectivity index (χ0) is 41.1. The Labute approximate surface area is 327 Å². The van der Waals surface area contributed by atoms with Gasteiger partial charge in [0.05, 0.1) is 40.7 Å². The molecule has 1 atom stereocenters. The molecule has 300 valence electrons. The zero-order valence-electron chi connectivity index (χ0n) is 31.1. The molecule has 2 aromatic carbocycles. The van der Waals surface area contributed by atoms with Crippen LogP contribution in [0.5, 0.6) is 0 Å². The number of carbonyl (C=O) groups excluding carboxylic acids is 5. The molecule has 3 aliphatic rings. The highest BCUT2D eigenvalue weighted by molar-refractivity contribution is 6.07. The van der Waals surface area contributed by atoms with Crippen LogP contribution < -0.4 is 27.0 Å². The number of nitrogens with two attached hydrogens (primary N) is 1. The minimum Gasteiger partial charge on any atom is -0.370 e. The van der Waals surface area contributed by atoms with E-state index in [-0.39, 0.29) is 53.6 Å². The van der Waals surface area contributed by atoms with Gasteiger partial charge in [0.15, 0.2) is 5.69 Å². The molecule has 6 heterocycles. The van der Waals surface area contributed by atoms with Crippen molar-refractivity contribution in [2.45, 2.75) is 44.3 Å². The van der Waals surface area contributed by atoms with Gasteiger partial charge in [-0.3, -0.25) is 38.4 Å². The fraction of sp³-hybridized carbons (Fsp3) is 0.333. The average Bonchev–Trinajstić information content (AvgIpc) is 3.72. The summed E-state index contributed by atoms with van der Waals surface area (Å²) in [7, 11) is 1.69. The number of aromatic nitrogens is 5. The number of carbonyl (C=O) groups is 5. The predicted molar refractivity (Wildman–Crippen MR) is 202 cm³/mol. The number of nitrogens with zero attached hydrogens (tertiary/aromatic N) is 7. The van der Waals surface area contributed by atoms with Crippen LogP contribution in [0.3, 0.4) is 0 Å². The number of piperidine rings is 2. The predicted octanol–water partition coefficient (Wildman–Crippen LogP) is 2.94. The lowest BCUT2D eigenvalue weighted by Crippen LogP contribution is -2.62. The molecular formula is C39H37F3N10O6. The Balaban J connectivity index is 0.880. The fourth-order valence-corrected chi connectivity index (χ4v) is 8.12. The number of nitrogens with one attached hydrogen (secondary N) is 2. The van der Waals surface area contributed by atoms with Crippen molar-refractivity contribution in [2.24, 2.45) is 18.2 Å². The van der Waals surface area contributed by atoms with Crippen molar-refractivity contribution >= 4 is 51.9 Å². The van der Waals surface area contributed by atoms with Crippen molar-refractivity contribution in [3.05, 3.63) is 100.0 Å². The lowest BCUT2D eigenvalue weighted by atomic mass is 9.71. The zero-order valence-corrected chi connectivity index (χ0v) is 31.1. The molecular weight excluding hydrogens is 761 g/mol. The minimum atomic E-state index is -4.76. The third kappa shape index (κ3) is 6.96. The van der Waals surface area contributed by atoms with Crippen LogP contribution in [-0.2, 0) is 34.0 Å². The highest BCUT2D eigenvalue weighted by Crippen LogP contribution is 2.43. The summed E-state index contributed by atoms with van der Waals surface area (Å²) in [6.45, 7) is 2.69. The van der Waals surface area contributed by atoms with Crippen molar-refractivity contribution in [1.82, 2.24) is 34.1 Å². The normalized spacial score (nSPS) is 18.0. The average molecular weight is 799 g/mol. The first-order valence-corrected chi connectivity index (χ1v) is 18.5. The van der Waals surface area contributed by atoms with Gasteiger partial charge in [0.2, 0.25) is 17.7 Å². The number of imidazole rings is 1. The molecule has 1 spiro atoms. The Morgan fingerprint density at radius 2 is 1.69 bits per heavy atom. The molecule has 19 heteroatoms. The first kappa shape index (κ1) is 38.1. The molecule has 3 saturated heterocycles. The number of anilines is 2. The van der Waals surface area contributed by atoms with Crippen LogP contribution in [0.1, 0.15) is 64.0 Å². The number of para-hydroxylation sites is 1. The van der Waals surface area contributed by atoms with Gasteiger partial charge in [0.1, 0.15) is 17.4 Å². The van der Waals surface area contributed by atoms with E-state index in [0.29, 0.717) is 24.3 Å². The van der Waals surface area contributed by atoms with Crippen LogP contribution in [0.15, 0.2) is 71.7 Å². The lowest BCUT2D eigenvalue weighted by molar-refractivity contribution is -0.144. The molecule has 3 aromatic heterocycles. The summed E-state index contributed by atoms with van der Waals surface area (Å²) in [5.74, 6) is -2.83. The van der Waals surface area contributed by atoms with E-state index in [0.717, 1.165) is 60.9 Å². The molecule has 8 rings (SSSR count). The van der Waals surface area contributed by atoms with Crippen molar-refractivity contribution in [1.29, 1.82) is 0 Å².